The van der Waals surface area contributed by atoms with Crippen molar-refractivity contribution in [3.05, 3.63) is 83.4 Å². The third-order valence-electron chi connectivity index (χ3n) is 7.14. The molecule has 168 valence electrons. The van der Waals surface area contributed by atoms with Gasteiger partial charge in [-0.3, -0.25) is 4.79 Å². The van der Waals surface area contributed by atoms with E-state index in [1.807, 2.05) is 47.4 Å². The molecule has 0 bridgehead atoms. The standard InChI is InChI=1S/C27H31NO4/c29-24(27(17-4-5-18-27)22-6-2-1-3-7-22)14-12-23-13-15-25(30)28(23)19-16-20-8-10-21(11-9-20)26(31)32/h1-3,6-12,14,23-24,29H,4-5,13,15-19H2,(H,31,32)/b14-12+/t23-,24+/m0/s1. The molecule has 1 aliphatic carbocycles. The molecule has 2 atom stereocenters. The van der Waals surface area contributed by atoms with Crippen molar-refractivity contribution in [2.75, 3.05) is 6.54 Å². The quantitative estimate of drug-likeness (QED) is 0.607. The Morgan fingerprint density at radius 2 is 1.78 bits per heavy atom. The second-order valence-electron chi connectivity index (χ2n) is 9.00. The predicted molar refractivity (Wildman–Crippen MR) is 124 cm³/mol. The summed E-state index contributed by atoms with van der Waals surface area (Å²) < 4.78 is 0. The van der Waals surface area contributed by atoms with E-state index in [4.69, 9.17) is 5.11 Å². The average molecular weight is 434 g/mol. The number of nitrogens with zero attached hydrogens (tertiary/aromatic N) is 1. The number of benzene rings is 2. The first-order valence-corrected chi connectivity index (χ1v) is 11.5. The molecule has 0 unspecified atom stereocenters. The van der Waals surface area contributed by atoms with E-state index in [1.54, 1.807) is 12.1 Å². The topological polar surface area (TPSA) is 77.8 Å². The number of amides is 1. The van der Waals surface area contributed by atoms with E-state index in [9.17, 15) is 14.7 Å². The van der Waals surface area contributed by atoms with Gasteiger partial charge in [-0.2, -0.15) is 0 Å². The highest BCUT2D eigenvalue weighted by Crippen LogP contribution is 2.44. The summed E-state index contributed by atoms with van der Waals surface area (Å²) in [5.74, 6) is -0.805. The molecule has 4 rings (SSSR count). The molecule has 1 aliphatic heterocycles. The van der Waals surface area contributed by atoms with Crippen LogP contribution >= 0.6 is 0 Å². The van der Waals surface area contributed by atoms with Gasteiger partial charge < -0.3 is 15.1 Å². The van der Waals surface area contributed by atoms with E-state index < -0.39 is 12.1 Å². The lowest BCUT2D eigenvalue weighted by Crippen LogP contribution is -2.37. The molecular weight excluding hydrogens is 402 g/mol. The first-order chi connectivity index (χ1) is 15.5. The number of carboxylic acid groups (broad SMARTS) is 1. The van der Waals surface area contributed by atoms with Crippen molar-refractivity contribution in [2.45, 2.75) is 62.5 Å². The molecule has 5 heteroatoms. The number of hydrogen-bond acceptors (Lipinski definition) is 3. The Morgan fingerprint density at radius 1 is 1.09 bits per heavy atom. The lowest BCUT2D eigenvalue weighted by molar-refractivity contribution is -0.128. The van der Waals surface area contributed by atoms with E-state index in [2.05, 4.69) is 12.1 Å². The number of carbonyl (C=O) groups excluding carboxylic acids is 1. The summed E-state index contributed by atoms with van der Waals surface area (Å²) in [6.45, 7) is 0.584. The third kappa shape index (κ3) is 4.63. The summed E-state index contributed by atoms with van der Waals surface area (Å²) in [6, 6.07) is 17.1. The maximum atomic E-state index is 12.5. The first kappa shape index (κ1) is 22.3. The Balaban J connectivity index is 1.43. The Labute approximate surface area is 189 Å². The van der Waals surface area contributed by atoms with E-state index in [1.165, 1.54) is 5.56 Å². The molecule has 32 heavy (non-hydrogen) atoms. The number of aromatic carboxylic acids is 1. The van der Waals surface area contributed by atoms with Crippen molar-refractivity contribution in [3.63, 3.8) is 0 Å². The van der Waals surface area contributed by atoms with Crippen molar-refractivity contribution in [1.82, 2.24) is 4.90 Å². The maximum absolute atomic E-state index is 12.5. The maximum Gasteiger partial charge on any atom is 0.335 e. The Bertz CT molecular complexity index is 961. The van der Waals surface area contributed by atoms with Crippen molar-refractivity contribution in [3.8, 4) is 0 Å². The summed E-state index contributed by atoms with van der Waals surface area (Å²) in [6.07, 6.45) is 9.50. The molecule has 5 nitrogen and oxygen atoms in total. The number of rotatable bonds is 8. The van der Waals surface area contributed by atoms with Crippen LogP contribution in [-0.4, -0.2) is 45.7 Å². The summed E-state index contributed by atoms with van der Waals surface area (Å²) in [4.78, 5) is 25.4. The van der Waals surface area contributed by atoms with Crippen LogP contribution in [0, 0.1) is 0 Å². The lowest BCUT2D eigenvalue weighted by atomic mass is 9.74. The second-order valence-corrected chi connectivity index (χ2v) is 9.00. The monoisotopic (exact) mass is 433 g/mol. The molecule has 0 aromatic heterocycles. The zero-order chi connectivity index (χ0) is 22.6. The van der Waals surface area contributed by atoms with Crippen LogP contribution in [0.25, 0.3) is 0 Å². The molecular formula is C27H31NO4. The smallest absolute Gasteiger partial charge is 0.335 e. The summed E-state index contributed by atoms with van der Waals surface area (Å²) in [5, 5.41) is 20.2. The largest absolute Gasteiger partial charge is 0.478 e. The van der Waals surface area contributed by atoms with E-state index in [0.29, 0.717) is 19.4 Å². The average Bonchev–Trinajstić information content (AvgIpc) is 3.45. The van der Waals surface area contributed by atoms with Crippen molar-refractivity contribution < 1.29 is 19.8 Å². The van der Waals surface area contributed by atoms with Gasteiger partial charge in [0, 0.05) is 18.4 Å². The molecule has 2 fully saturated rings. The molecule has 1 saturated carbocycles. The van der Waals surface area contributed by atoms with Gasteiger partial charge >= 0.3 is 5.97 Å². The summed E-state index contributed by atoms with van der Waals surface area (Å²) in [7, 11) is 0. The SMILES string of the molecule is O=C(O)c1ccc(CCN2C(=O)CC[C@@H]2/C=C/[C@@H](O)C2(c3ccccc3)CCCC2)cc1. The van der Waals surface area contributed by atoms with Gasteiger partial charge in [-0.15, -0.1) is 0 Å². The second kappa shape index (κ2) is 9.70. The van der Waals surface area contributed by atoms with Crippen LogP contribution < -0.4 is 0 Å². The van der Waals surface area contributed by atoms with E-state index in [0.717, 1.165) is 37.7 Å². The van der Waals surface area contributed by atoms with Crippen LogP contribution in [0.15, 0.2) is 66.7 Å². The Kier molecular flexibility index (Phi) is 6.75. The number of hydrogen-bond donors (Lipinski definition) is 2. The normalized spacial score (nSPS) is 21.3. The predicted octanol–water partition coefficient (Wildman–Crippen LogP) is 4.35. The van der Waals surface area contributed by atoms with Gasteiger partial charge in [-0.1, -0.05) is 67.5 Å². The zero-order valence-corrected chi connectivity index (χ0v) is 18.3. The Morgan fingerprint density at radius 3 is 2.44 bits per heavy atom. The van der Waals surface area contributed by atoms with Gasteiger partial charge in [-0.05, 0) is 48.9 Å². The highest BCUT2D eigenvalue weighted by atomic mass is 16.4. The summed E-state index contributed by atoms with van der Waals surface area (Å²) >= 11 is 0. The molecule has 1 heterocycles. The van der Waals surface area contributed by atoms with Gasteiger partial charge in [0.05, 0.1) is 17.7 Å². The van der Waals surface area contributed by atoms with E-state index >= 15 is 0 Å². The number of aliphatic hydroxyl groups is 1. The molecule has 2 N–H and O–H groups in total. The van der Waals surface area contributed by atoms with Gasteiger partial charge in [0.25, 0.3) is 0 Å². The Hall–Kier alpha value is -2.92. The third-order valence-corrected chi connectivity index (χ3v) is 7.14. The number of likely N-dealkylation sites (tertiary alicyclic amines) is 1. The highest BCUT2D eigenvalue weighted by Gasteiger charge is 2.41. The molecule has 2 aliphatic rings. The minimum atomic E-state index is -0.939. The fourth-order valence-electron chi connectivity index (χ4n) is 5.26. The fraction of sp³-hybridized carbons (Fsp3) is 0.407. The van der Waals surface area contributed by atoms with Crippen molar-refractivity contribution in [1.29, 1.82) is 0 Å². The minimum Gasteiger partial charge on any atom is -0.478 e. The van der Waals surface area contributed by atoms with Crippen LogP contribution in [0.5, 0.6) is 0 Å². The van der Waals surface area contributed by atoms with Crippen LogP contribution in [0.2, 0.25) is 0 Å². The van der Waals surface area contributed by atoms with Crippen molar-refractivity contribution in [2.24, 2.45) is 0 Å². The van der Waals surface area contributed by atoms with Crippen LogP contribution in [-0.2, 0) is 16.6 Å². The molecule has 2 aromatic rings. The number of aliphatic hydroxyl groups excluding tert-OH is 1. The molecule has 1 amide bonds. The molecule has 2 aromatic carbocycles. The van der Waals surface area contributed by atoms with Gasteiger partial charge in [-0.25, -0.2) is 4.79 Å². The van der Waals surface area contributed by atoms with Gasteiger partial charge in [0.1, 0.15) is 0 Å². The number of carboxylic acids is 1. The van der Waals surface area contributed by atoms with Crippen LogP contribution in [0.3, 0.4) is 0 Å². The van der Waals surface area contributed by atoms with Crippen molar-refractivity contribution >= 4 is 11.9 Å². The van der Waals surface area contributed by atoms with Crippen LogP contribution in [0.4, 0.5) is 0 Å². The highest BCUT2D eigenvalue weighted by molar-refractivity contribution is 5.87. The van der Waals surface area contributed by atoms with Gasteiger partial charge in [0.2, 0.25) is 5.91 Å². The number of carbonyl (C=O) groups is 2. The minimum absolute atomic E-state index is 0.00957. The summed E-state index contributed by atoms with van der Waals surface area (Å²) in [5.41, 5.74) is 2.22. The molecule has 0 radical (unpaired) electrons. The lowest BCUT2D eigenvalue weighted by Gasteiger charge is -2.34. The first-order valence-electron chi connectivity index (χ1n) is 11.5. The van der Waals surface area contributed by atoms with Crippen LogP contribution in [0.1, 0.15) is 60.0 Å². The fourth-order valence-corrected chi connectivity index (χ4v) is 5.26. The van der Waals surface area contributed by atoms with E-state index in [-0.39, 0.29) is 22.9 Å². The molecule has 0 spiro atoms. The molecule has 1 saturated heterocycles. The van der Waals surface area contributed by atoms with Gasteiger partial charge in [0.15, 0.2) is 0 Å². The zero-order valence-electron chi connectivity index (χ0n) is 18.3.